The number of nitrogens with one attached hydrogen (secondary N) is 1. The Morgan fingerprint density at radius 2 is 1.77 bits per heavy atom. The van der Waals surface area contributed by atoms with Crippen LogP contribution in [-0.2, 0) is 11.2 Å². The van der Waals surface area contributed by atoms with Gasteiger partial charge in [0.1, 0.15) is 5.78 Å². The predicted octanol–water partition coefficient (Wildman–Crippen LogP) is 6.51. The first-order valence-corrected chi connectivity index (χ1v) is 11.5. The molecule has 1 aliphatic rings. The Kier molecular flexibility index (Phi) is 8.17. The van der Waals surface area contributed by atoms with Crippen LogP contribution in [0.5, 0.6) is 0 Å². The molecule has 30 heavy (non-hydrogen) atoms. The smallest absolute Gasteiger partial charge is 0.138 e. The van der Waals surface area contributed by atoms with Gasteiger partial charge in [-0.05, 0) is 62.7 Å². The number of rotatable bonds is 9. The van der Waals surface area contributed by atoms with Crippen molar-refractivity contribution in [2.24, 2.45) is 4.58 Å². The fourth-order valence-electron chi connectivity index (χ4n) is 3.50. The molecule has 8 heteroatoms. The fraction of sp³-hybridized carbons (Fsp3) is 0.409. The normalized spacial score (nSPS) is 16.2. The largest absolute Gasteiger partial charge is 0.353 e. The van der Waals surface area contributed by atoms with Crippen LogP contribution in [-0.4, -0.2) is 35.1 Å². The highest BCUT2D eigenvalue weighted by atomic mass is 35.5. The number of piperidine rings is 1. The summed E-state index contributed by atoms with van der Waals surface area (Å²) in [5, 5.41) is 4.33. The average Bonchev–Trinajstić information content (AvgIpc) is 2.72. The molecule has 0 radical (unpaired) electrons. The van der Waals surface area contributed by atoms with Crippen molar-refractivity contribution in [3.63, 3.8) is 0 Å². The van der Waals surface area contributed by atoms with Gasteiger partial charge >= 0.3 is 0 Å². The molecule has 3 rings (SSSR count). The topological polar surface area (TPSA) is 61.8 Å². The number of hydrogen-bond acceptors (Lipinski definition) is 6. The Bertz CT molecular complexity index is 864. The van der Waals surface area contributed by atoms with Gasteiger partial charge in [0.2, 0.25) is 0 Å². The van der Waals surface area contributed by atoms with Crippen molar-refractivity contribution >= 4 is 52.3 Å². The molecule has 1 heterocycles. The molecule has 0 atom stereocenters. The second kappa shape index (κ2) is 10.6. The van der Waals surface area contributed by atoms with Crippen LogP contribution in [0.3, 0.4) is 0 Å². The first kappa shape index (κ1) is 23.1. The molecule has 2 aromatic rings. The minimum Gasteiger partial charge on any atom is -0.353 e. The number of nitrogens with zero attached hydrogens (tertiary/aromatic N) is 2. The number of nitroso groups, excluding NO2 is 1. The monoisotopic (exact) mass is 465 g/mol. The van der Waals surface area contributed by atoms with Gasteiger partial charge in [-0.2, -0.15) is 0 Å². The Hall–Kier alpha value is -1.60. The summed E-state index contributed by atoms with van der Waals surface area (Å²) in [6, 6.07) is 13.1. The van der Waals surface area contributed by atoms with Crippen molar-refractivity contribution in [3.05, 3.63) is 63.0 Å². The number of benzene rings is 2. The first-order valence-electron chi connectivity index (χ1n) is 9.93. The molecule has 160 valence electrons. The van der Waals surface area contributed by atoms with E-state index in [1.807, 2.05) is 24.3 Å². The molecule has 0 saturated carbocycles. The summed E-state index contributed by atoms with van der Waals surface area (Å²) in [4.78, 5) is 25.2. The summed E-state index contributed by atoms with van der Waals surface area (Å²) in [7, 11) is 0. The predicted molar refractivity (Wildman–Crippen MR) is 127 cm³/mol. The maximum absolute atomic E-state index is 12.4. The van der Waals surface area contributed by atoms with Crippen LogP contribution < -0.4 is 5.32 Å². The Labute approximate surface area is 191 Å². The third-order valence-electron chi connectivity index (χ3n) is 5.47. The summed E-state index contributed by atoms with van der Waals surface area (Å²) >= 11 is 13.5. The fourth-order valence-corrected chi connectivity index (χ4v) is 4.53. The quantitative estimate of drug-likeness (QED) is 0.337. The van der Waals surface area contributed by atoms with Gasteiger partial charge in [0.25, 0.3) is 0 Å². The van der Waals surface area contributed by atoms with Gasteiger partial charge in [0, 0.05) is 46.4 Å². The first-order chi connectivity index (χ1) is 14.4. The standard InChI is InChI=1S/C22H25Cl2N3O2S/c1-22(30-26-29)10-13-27(14-11-22)12-9-18(28)15-16-5-7-17(8-6-16)25-21-19(23)3-2-4-20(21)24/h2-8,25H,9-15H2,1H3. The number of hydrogen-bond donors (Lipinski definition) is 1. The molecule has 0 bridgehead atoms. The maximum Gasteiger partial charge on any atom is 0.138 e. The second-order valence-electron chi connectivity index (χ2n) is 7.84. The highest BCUT2D eigenvalue weighted by Gasteiger charge is 2.31. The van der Waals surface area contributed by atoms with Crippen LogP contribution in [0, 0.1) is 4.91 Å². The van der Waals surface area contributed by atoms with Crippen LogP contribution in [0.4, 0.5) is 11.4 Å². The summed E-state index contributed by atoms with van der Waals surface area (Å²) in [6.07, 6.45) is 2.79. The Balaban J connectivity index is 1.45. The van der Waals surface area contributed by atoms with E-state index in [1.54, 1.807) is 18.2 Å². The number of ketones is 1. The molecule has 2 aromatic carbocycles. The number of carbonyl (C=O) groups excluding carboxylic acids is 1. The number of para-hydroxylation sites is 1. The highest BCUT2D eigenvalue weighted by Crippen LogP contribution is 2.36. The van der Waals surface area contributed by atoms with E-state index in [9.17, 15) is 9.70 Å². The number of halogens is 2. The maximum atomic E-state index is 12.4. The lowest BCUT2D eigenvalue weighted by atomic mass is 9.97. The molecule has 1 saturated heterocycles. The van der Waals surface area contributed by atoms with Gasteiger partial charge in [-0.25, -0.2) is 0 Å². The Morgan fingerprint density at radius 1 is 1.13 bits per heavy atom. The average molecular weight is 466 g/mol. The summed E-state index contributed by atoms with van der Waals surface area (Å²) in [5.74, 6) is 0.224. The second-order valence-corrected chi connectivity index (χ2v) is 9.97. The van der Waals surface area contributed by atoms with Crippen LogP contribution in [0.25, 0.3) is 0 Å². The van der Waals surface area contributed by atoms with Crippen LogP contribution in [0.15, 0.2) is 47.0 Å². The van der Waals surface area contributed by atoms with Crippen molar-refractivity contribution in [1.29, 1.82) is 0 Å². The van der Waals surface area contributed by atoms with E-state index in [4.69, 9.17) is 23.2 Å². The van der Waals surface area contributed by atoms with Crippen LogP contribution in [0.2, 0.25) is 10.0 Å². The molecule has 0 spiro atoms. The minimum atomic E-state index is -0.0632. The SMILES string of the molecule is CC1(SN=O)CCN(CCC(=O)Cc2ccc(Nc3c(Cl)cccc3Cl)cc2)CC1. The van der Waals surface area contributed by atoms with E-state index in [2.05, 4.69) is 21.7 Å². The number of carbonyl (C=O) groups is 1. The third-order valence-corrected chi connectivity index (χ3v) is 7.02. The number of anilines is 2. The van der Waals surface area contributed by atoms with Crippen molar-refractivity contribution in [2.75, 3.05) is 25.0 Å². The van der Waals surface area contributed by atoms with Gasteiger partial charge in [-0.15, -0.1) is 4.91 Å². The van der Waals surface area contributed by atoms with Gasteiger partial charge in [-0.1, -0.05) is 41.4 Å². The molecule has 5 nitrogen and oxygen atoms in total. The lowest BCUT2D eigenvalue weighted by molar-refractivity contribution is -0.118. The van der Waals surface area contributed by atoms with Gasteiger partial charge < -0.3 is 10.2 Å². The number of Topliss-reactive ketones (excluding diaryl/α,β-unsaturated/α-hetero) is 1. The zero-order valence-corrected chi connectivity index (χ0v) is 19.2. The lowest BCUT2D eigenvalue weighted by Gasteiger charge is -2.36. The lowest BCUT2D eigenvalue weighted by Crippen LogP contribution is -2.41. The summed E-state index contributed by atoms with van der Waals surface area (Å²) in [6.45, 7) is 4.65. The molecule has 1 fully saturated rings. The zero-order valence-electron chi connectivity index (χ0n) is 16.9. The van der Waals surface area contributed by atoms with E-state index in [0.717, 1.165) is 55.7 Å². The van der Waals surface area contributed by atoms with Gasteiger partial charge in [0.15, 0.2) is 0 Å². The van der Waals surface area contributed by atoms with Gasteiger partial charge in [-0.3, -0.25) is 4.79 Å². The van der Waals surface area contributed by atoms with Crippen LogP contribution in [0.1, 0.15) is 31.7 Å². The van der Waals surface area contributed by atoms with Crippen molar-refractivity contribution in [1.82, 2.24) is 4.90 Å². The molecule has 0 unspecified atom stereocenters. The molecule has 0 aromatic heterocycles. The molecule has 0 amide bonds. The van der Waals surface area contributed by atoms with E-state index in [0.29, 0.717) is 28.6 Å². The van der Waals surface area contributed by atoms with E-state index >= 15 is 0 Å². The van der Waals surface area contributed by atoms with E-state index < -0.39 is 0 Å². The molecular formula is C22H25Cl2N3O2S. The summed E-state index contributed by atoms with van der Waals surface area (Å²) in [5.41, 5.74) is 2.51. The number of likely N-dealkylation sites (tertiary alicyclic amines) is 1. The molecule has 0 aliphatic carbocycles. The molecule has 1 N–H and O–H groups in total. The van der Waals surface area contributed by atoms with Crippen LogP contribution >= 0.6 is 35.1 Å². The van der Waals surface area contributed by atoms with Crippen molar-refractivity contribution in [2.45, 2.75) is 37.4 Å². The molecular weight excluding hydrogens is 441 g/mol. The minimum absolute atomic E-state index is 0.0632. The summed E-state index contributed by atoms with van der Waals surface area (Å²) < 4.78 is 2.93. The van der Waals surface area contributed by atoms with E-state index in [-0.39, 0.29) is 10.5 Å². The van der Waals surface area contributed by atoms with E-state index in [1.165, 1.54) is 0 Å². The highest BCUT2D eigenvalue weighted by molar-refractivity contribution is 7.99. The van der Waals surface area contributed by atoms with Crippen molar-refractivity contribution < 1.29 is 4.79 Å². The third kappa shape index (κ3) is 6.45. The molecule has 1 aliphatic heterocycles. The van der Waals surface area contributed by atoms with Crippen molar-refractivity contribution in [3.8, 4) is 0 Å². The van der Waals surface area contributed by atoms with Gasteiger partial charge in [0.05, 0.1) is 15.7 Å². The Morgan fingerprint density at radius 3 is 2.37 bits per heavy atom. The zero-order chi connectivity index (χ0) is 21.6.